The van der Waals surface area contributed by atoms with E-state index in [1.54, 1.807) is 37.4 Å². The van der Waals surface area contributed by atoms with Crippen molar-refractivity contribution in [1.29, 1.82) is 0 Å². The molecule has 0 aliphatic rings. The molecule has 0 aliphatic carbocycles. The second-order valence-corrected chi connectivity index (χ2v) is 8.49. The molecule has 0 radical (unpaired) electrons. The minimum absolute atomic E-state index is 0. The number of hydrogen-bond acceptors (Lipinski definition) is 4. The van der Waals surface area contributed by atoms with Gasteiger partial charge in [-0.2, -0.15) is 0 Å². The number of rotatable bonds is 9. The number of ether oxygens (including phenoxy) is 1. The first-order chi connectivity index (χ1) is 13.5. The van der Waals surface area contributed by atoms with E-state index in [4.69, 9.17) is 4.74 Å². The van der Waals surface area contributed by atoms with Crippen molar-refractivity contribution >= 4 is 39.8 Å². The zero-order chi connectivity index (χ0) is 20.4. The first-order valence-corrected chi connectivity index (χ1v) is 11.1. The van der Waals surface area contributed by atoms with Gasteiger partial charge in [-0.15, -0.1) is 24.0 Å². The Labute approximate surface area is 191 Å². The molecule has 2 N–H and O–H groups in total. The van der Waals surface area contributed by atoms with Gasteiger partial charge in [0.2, 0.25) is 0 Å². The first-order valence-electron chi connectivity index (χ1n) is 9.41. The van der Waals surface area contributed by atoms with Gasteiger partial charge in [0.25, 0.3) is 0 Å². The largest absolute Gasteiger partial charge is 0.494 e. The van der Waals surface area contributed by atoms with E-state index in [1.165, 1.54) is 0 Å². The fraction of sp³-hybridized carbons (Fsp3) is 0.381. The van der Waals surface area contributed by atoms with Crippen molar-refractivity contribution in [3.05, 3.63) is 59.7 Å². The summed E-state index contributed by atoms with van der Waals surface area (Å²) in [5.74, 6) is 1.58. The van der Waals surface area contributed by atoms with Crippen LogP contribution in [-0.2, 0) is 16.4 Å². The van der Waals surface area contributed by atoms with E-state index in [0.717, 1.165) is 16.9 Å². The van der Waals surface area contributed by atoms with E-state index >= 15 is 0 Å². The second kappa shape index (κ2) is 12.7. The molecule has 29 heavy (non-hydrogen) atoms. The van der Waals surface area contributed by atoms with E-state index < -0.39 is 9.84 Å². The standard InChI is InChI=1S/C21H29N3O3S.HI/c1-4-27-20-15-17(2)11-12-18(20)16-24-21(22-3)23-13-8-14-28(25,26)19-9-6-5-7-10-19;/h5-7,9-12,15H,4,8,13-14,16H2,1-3H3,(H2,22,23,24);1H. The number of nitrogens with zero attached hydrogens (tertiary/aromatic N) is 1. The number of sulfone groups is 1. The van der Waals surface area contributed by atoms with Crippen LogP contribution in [0.1, 0.15) is 24.5 Å². The summed E-state index contributed by atoms with van der Waals surface area (Å²) in [5, 5.41) is 6.40. The third kappa shape index (κ3) is 8.22. The maximum absolute atomic E-state index is 12.3. The molecule has 2 aromatic carbocycles. The van der Waals surface area contributed by atoms with Crippen molar-refractivity contribution in [1.82, 2.24) is 10.6 Å². The molecular weight excluding hydrogens is 501 g/mol. The number of aliphatic imine (C=N–C) groups is 1. The zero-order valence-electron chi connectivity index (χ0n) is 17.1. The highest BCUT2D eigenvalue weighted by Gasteiger charge is 2.13. The Morgan fingerprint density at radius 2 is 1.83 bits per heavy atom. The van der Waals surface area contributed by atoms with Crippen LogP contribution >= 0.6 is 24.0 Å². The molecule has 8 heteroatoms. The summed E-state index contributed by atoms with van der Waals surface area (Å²) in [6, 6.07) is 14.6. The minimum Gasteiger partial charge on any atom is -0.494 e. The van der Waals surface area contributed by atoms with Crippen molar-refractivity contribution in [2.24, 2.45) is 4.99 Å². The van der Waals surface area contributed by atoms with Gasteiger partial charge in [0.1, 0.15) is 5.75 Å². The Hall–Kier alpha value is -1.81. The lowest BCUT2D eigenvalue weighted by Gasteiger charge is -2.15. The minimum atomic E-state index is -3.25. The van der Waals surface area contributed by atoms with Gasteiger partial charge >= 0.3 is 0 Å². The molecule has 0 aromatic heterocycles. The maximum Gasteiger partial charge on any atom is 0.191 e. The topological polar surface area (TPSA) is 79.8 Å². The summed E-state index contributed by atoms with van der Waals surface area (Å²) < 4.78 is 30.3. The Balaban J connectivity index is 0.00000420. The number of nitrogens with one attached hydrogen (secondary N) is 2. The molecule has 0 aliphatic heterocycles. The smallest absolute Gasteiger partial charge is 0.191 e. The SMILES string of the molecule is CCOc1cc(C)ccc1CNC(=NC)NCCCS(=O)(=O)c1ccccc1.I. The molecule has 0 bridgehead atoms. The van der Waals surface area contributed by atoms with E-state index in [1.807, 2.05) is 32.0 Å². The average molecular weight is 531 g/mol. The second-order valence-electron chi connectivity index (χ2n) is 6.38. The summed E-state index contributed by atoms with van der Waals surface area (Å²) in [7, 11) is -1.56. The Morgan fingerprint density at radius 3 is 2.48 bits per heavy atom. The van der Waals surface area contributed by atoms with Crippen LogP contribution in [0, 0.1) is 6.92 Å². The van der Waals surface area contributed by atoms with Gasteiger partial charge < -0.3 is 15.4 Å². The highest BCUT2D eigenvalue weighted by molar-refractivity contribution is 14.0. The summed E-state index contributed by atoms with van der Waals surface area (Å²) in [6.07, 6.45) is 0.493. The van der Waals surface area contributed by atoms with Gasteiger partial charge in [-0.1, -0.05) is 30.3 Å². The predicted octanol–water partition coefficient (Wildman–Crippen LogP) is 3.54. The van der Waals surface area contributed by atoms with Crippen molar-refractivity contribution < 1.29 is 13.2 Å². The van der Waals surface area contributed by atoms with Crippen molar-refractivity contribution in [3.63, 3.8) is 0 Å². The van der Waals surface area contributed by atoms with Gasteiger partial charge in [-0.3, -0.25) is 4.99 Å². The highest BCUT2D eigenvalue weighted by atomic mass is 127. The molecule has 0 amide bonds. The van der Waals surface area contributed by atoms with Crippen molar-refractivity contribution in [3.8, 4) is 5.75 Å². The summed E-state index contributed by atoms with van der Waals surface area (Å²) in [5.41, 5.74) is 2.19. The summed E-state index contributed by atoms with van der Waals surface area (Å²) >= 11 is 0. The van der Waals surface area contributed by atoms with E-state index in [0.29, 0.717) is 37.0 Å². The van der Waals surface area contributed by atoms with Crippen molar-refractivity contribution in [2.45, 2.75) is 31.7 Å². The monoisotopic (exact) mass is 531 g/mol. The van der Waals surface area contributed by atoms with Crippen LogP contribution < -0.4 is 15.4 Å². The third-order valence-electron chi connectivity index (χ3n) is 4.18. The lowest BCUT2D eigenvalue weighted by Crippen LogP contribution is -2.37. The average Bonchev–Trinajstić information content (AvgIpc) is 2.69. The van der Waals surface area contributed by atoms with Crippen LogP contribution in [0.4, 0.5) is 0 Å². The van der Waals surface area contributed by atoms with E-state index in [9.17, 15) is 8.42 Å². The van der Waals surface area contributed by atoms with Crippen LogP contribution in [0.5, 0.6) is 5.75 Å². The number of guanidine groups is 1. The third-order valence-corrected chi connectivity index (χ3v) is 5.99. The molecular formula is C21H30IN3O3S. The lowest BCUT2D eigenvalue weighted by molar-refractivity contribution is 0.336. The number of benzene rings is 2. The Morgan fingerprint density at radius 1 is 1.10 bits per heavy atom. The summed E-state index contributed by atoms with van der Waals surface area (Å²) in [6.45, 7) is 5.68. The quantitative estimate of drug-likeness (QED) is 0.224. The van der Waals surface area contributed by atoms with Crippen LogP contribution in [-0.4, -0.2) is 40.3 Å². The fourth-order valence-corrected chi connectivity index (χ4v) is 4.04. The lowest BCUT2D eigenvalue weighted by atomic mass is 10.1. The van der Waals surface area contributed by atoms with Gasteiger partial charge in [0.05, 0.1) is 17.3 Å². The van der Waals surface area contributed by atoms with Gasteiger partial charge in [0.15, 0.2) is 15.8 Å². The van der Waals surface area contributed by atoms with E-state index in [-0.39, 0.29) is 29.7 Å². The number of hydrogen-bond donors (Lipinski definition) is 2. The molecule has 0 saturated heterocycles. The van der Waals surface area contributed by atoms with Crippen LogP contribution in [0.25, 0.3) is 0 Å². The first kappa shape index (κ1) is 25.2. The molecule has 160 valence electrons. The van der Waals surface area contributed by atoms with Crippen LogP contribution in [0.3, 0.4) is 0 Å². The molecule has 0 unspecified atom stereocenters. The molecule has 6 nitrogen and oxygen atoms in total. The molecule has 0 fully saturated rings. The maximum atomic E-state index is 12.3. The highest BCUT2D eigenvalue weighted by Crippen LogP contribution is 2.20. The van der Waals surface area contributed by atoms with Crippen LogP contribution in [0.15, 0.2) is 58.4 Å². The Bertz CT molecular complexity index is 887. The van der Waals surface area contributed by atoms with Gasteiger partial charge in [0, 0.05) is 25.7 Å². The molecule has 2 aromatic rings. The van der Waals surface area contributed by atoms with Crippen LogP contribution in [0.2, 0.25) is 0 Å². The summed E-state index contributed by atoms with van der Waals surface area (Å²) in [4.78, 5) is 4.55. The molecule has 0 atom stereocenters. The number of halogens is 1. The molecule has 2 rings (SSSR count). The van der Waals surface area contributed by atoms with Gasteiger partial charge in [-0.05, 0) is 44.0 Å². The predicted molar refractivity (Wildman–Crippen MR) is 129 cm³/mol. The van der Waals surface area contributed by atoms with Crippen molar-refractivity contribution in [2.75, 3.05) is 26.0 Å². The normalized spacial score (nSPS) is 11.5. The van der Waals surface area contributed by atoms with E-state index in [2.05, 4.69) is 15.6 Å². The fourth-order valence-electron chi connectivity index (χ4n) is 2.71. The Kier molecular flexibility index (Phi) is 11.0. The molecule has 0 heterocycles. The zero-order valence-corrected chi connectivity index (χ0v) is 20.3. The molecule has 0 spiro atoms. The van der Waals surface area contributed by atoms with Gasteiger partial charge in [-0.25, -0.2) is 8.42 Å². The number of aryl methyl sites for hydroxylation is 1. The molecule has 0 saturated carbocycles.